The van der Waals surface area contributed by atoms with E-state index in [1.54, 1.807) is 0 Å². The van der Waals surface area contributed by atoms with Crippen LogP contribution in [-0.2, 0) is 17.6 Å². The van der Waals surface area contributed by atoms with Gasteiger partial charge in [0.2, 0.25) is 5.91 Å². The molecule has 0 bridgehead atoms. The maximum atomic E-state index is 11.7. The van der Waals surface area contributed by atoms with Crippen molar-refractivity contribution in [3.8, 4) is 0 Å². The van der Waals surface area contributed by atoms with Crippen molar-refractivity contribution in [1.82, 2.24) is 10.4 Å². The standard InChI is InChI=1S/C15H19N3O/c1-8-5-11-12-7-10(15(19)18-16)3-4-13(12)17-14(11)6-9(8)2/h5-6,10,17H,3-4,7,16H2,1-2H3,(H,18,19). The van der Waals surface area contributed by atoms with Gasteiger partial charge in [0.05, 0.1) is 0 Å². The zero-order valence-electron chi connectivity index (χ0n) is 11.3. The van der Waals surface area contributed by atoms with E-state index in [0.717, 1.165) is 19.3 Å². The highest BCUT2D eigenvalue weighted by Gasteiger charge is 2.27. The second-order valence-corrected chi connectivity index (χ2v) is 5.51. The van der Waals surface area contributed by atoms with Gasteiger partial charge in [0, 0.05) is 22.5 Å². The fourth-order valence-electron chi connectivity index (χ4n) is 3.03. The summed E-state index contributed by atoms with van der Waals surface area (Å²) in [4.78, 5) is 15.2. The Morgan fingerprint density at radius 3 is 2.84 bits per heavy atom. The Bertz CT molecular complexity index is 657. The average Bonchev–Trinajstić information content (AvgIpc) is 2.75. The number of carbonyl (C=O) groups excluding carboxylic acids is 1. The lowest BCUT2D eigenvalue weighted by molar-refractivity contribution is -0.125. The summed E-state index contributed by atoms with van der Waals surface area (Å²) in [5, 5.41) is 1.26. The smallest absolute Gasteiger partial charge is 0.237 e. The molecule has 0 saturated carbocycles. The van der Waals surface area contributed by atoms with Crippen molar-refractivity contribution in [2.24, 2.45) is 11.8 Å². The SMILES string of the molecule is Cc1cc2[nH]c3c(c2cc1C)CC(C(=O)NN)CC3. The summed E-state index contributed by atoms with van der Waals surface area (Å²) in [7, 11) is 0. The molecule has 3 rings (SSSR count). The van der Waals surface area contributed by atoms with Crippen molar-refractivity contribution in [3.63, 3.8) is 0 Å². The highest BCUT2D eigenvalue weighted by Crippen LogP contribution is 2.33. The number of H-pyrrole nitrogens is 1. The fourth-order valence-corrected chi connectivity index (χ4v) is 3.03. The Hall–Kier alpha value is -1.81. The number of aromatic nitrogens is 1. The number of benzene rings is 1. The number of hydrazine groups is 1. The monoisotopic (exact) mass is 257 g/mol. The Balaban J connectivity index is 2.08. The lowest BCUT2D eigenvalue weighted by Crippen LogP contribution is -2.38. The topological polar surface area (TPSA) is 70.9 Å². The molecule has 19 heavy (non-hydrogen) atoms. The second-order valence-electron chi connectivity index (χ2n) is 5.51. The normalized spacial score (nSPS) is 18.4. The van der Waals surface area contributed by atoms with Crippen LogP contribution in [0.5, 0.6) is 0 Å². The first-order valence-corrected chi connectivity index (χ1v) is 6.71. The van der Waals surface area contributed by atoms with Gasteiger partial charge in [-0.3, -0.25) is 10.2 Å². The minimum atomic E-state index is -0.0520. The lowest BCUT2D eigenvalue weighted by atomic mass is 9.85. The Kier molecular flexibility index (Phi) is 2.82. The predicted molar refractivity (Wildman–Crippen MR) is 75.6 cm³/mol. The van der Waals surface area contributed by atoms with E-state index in [2.05, 4.69) is 36.4 Å². The first-order chi connectivity index (χ1) is 9.10. The van der Waals surface area contributed by atoms with Crippen molar-refractivity contribution in [2.45, 2.75) is 33.1 Å². The molecule has 1 amide bonds. The number of nitrogens with two attached hydrogens (primary N) is 1. The minimum Gasteiger partial charge on any atom is -0.358 e. The number of carbonyl (C=O) groups is 1. The maximum absolute atomic E-state index is 11.7. The number of rotatable bonds is 1. The van der Waals surface area contributed by atoms with Gasteiger partial charge in [-0.25, -0.2) is 5.84 Å². The van der Waals surface area contributed by atoms with Crippen LogP contribution in [0.2, 0.25) is 0 Å². The molecule has 0 aliphatic heterocycles. The van der Waals surface area contributed by atoms with E-state index >= 15 is 0 Å². The first kappa shape index (κ1) is 12.2. The van der Waals surface area contributed by atoms with E-state index in [0.29, 0.717) is 0 Å². The summed E-state index contributed by atoms with van der Waals surface area (Å²) in [6.07, 6.45) is 2.56. The Morgan fingerprint density at radius 2 is 2.11 bits per heavy atom. The van der Waals surface area contributed by atoms with E-state index in [-0.39, 0.29) is 11.8 Å². The molecule has 0 radical (unpaired) electrons. The number of nitrogens with one attached hydrogen (secondary N) is 2. The lowest BCUT2D eigenvalue weighted by Gasteiger charge is -2.20. The molecule has 0 saturated heterocycles. The number of aryl methyl sites for hydroxylation is 3. The van der Waals surface area contributed by atoms with Gasteiger partial charge in [0.25, 0.3) is 0 Å². The predicted octanol–water partition coefficient (Wildman–Crippen LogP) is 1.88. The van der Waals surface area contributed by atoms with Gasteiger partial charge in [0.15, 0.2) is 0 Å². The van der Waals surface area contributed by atoms with E-state index < -0.39 is 0 Å². The van der Waals surface area contributed by atoms with Crippen molar-refractivity contribution in [3.05, 3.63) is 34.5 Å². The van der Waals surface area contributed by atoms with Crippen molar-refractivity contribution in [1.29, 1.82) is 0 Å². The van der Waals surface area contributed by atoms with Gasteiger partial charge in [-0.1, -0.05) is 0 Å². The zero-order chi connectivity index (χ0) is 13.6. The third-order valence-corrected chi connectivity index (χ3v) is 4.32. The van der Waals surface area contributed by atoms with E-state index in [4.69, 9.17) is 5.84 Å². The van der Waals surface area contributed by atoms with Gasteiger partial charge in [-0.2, -0.15) is 0 Å². The van der Waals surface area contributed by atoms with Crippen LogP contribution in [0.3, 0.4) is 0 Å². The van der Waals surface area contributed by atoms with Crippen LogP contribution in [0.1, 0.15) is 28.8 Å². The van der Waals surface area contributed by atoms with Gasteiger partial charge in [-0.05, 0) is 61.9 Å². The summed E-state index contributed by atoms with van der Waals surface area (Å²) in [5.74, 6) is 5.19. The average molecular weight is 257 g/mol. The molecule has 1 aromatic carbocycles. The molecule has 0 spiro atoms. The molecule has 1 aromatic heterocycles. The molecule has 1 heterocycles. The molecule has 1 aliphatic rings. The van der Waals surface area contributed by atoms with Crippen molar-refractivity contribution in [2.75, 3.05) is 0 Å². The van der Waals surface area contributed by atoms with Crippen LogP contribution in [0.4, 0.5) is 0 Å². The first-order valence-electron chi connectivity index (χ1n) is 6.71. The van der Waals surface area contributed by atoms with E-state index in [1.165, 1.54) is 33.3 Å². The van der Waals surface area contributed by atoms with Gasteiger partial charge >= 0.3 is 0 Å². The van der Waals surface area contributed by atoms with Crippen LogP contribution >= 0.6 is 0 Å². The highest BCUT2D eigenvalue weighted by atomic mass is 16.2. The molecule has 2 aromatic rings. The summed E-state index contributed by atoms with van der Waals surface area (Å²) in [6, 6.07) is 4.42. The molecule has 4 nitrogen and oxygen atoms in total. The Morgan fingerprint density at radius 1 is 1.37 bits per heavy atom. The van der Waals surface area contributed by atoms with Crippen LogP contribution in [0, 0.1) is 19.8 Å². The molecule has 1 atom stereocenters. The molecule has 1 unspecified atom stereocenters. The molecular weight excluding hydrogens is 238 g/mol. The molecule has 4 N–H and O–H groups in total. The Labute approximate surface area is 112 Å². The van der Waals surface area contributed by atoms with E-state index in [1.807, 2.05) is 0 Å². The number of hydrogen-bond donors (Lipinski definition) is 3. The summed E-state index contributed by atoms with van der Waals surface area (Å²) < 4.78 is 0. The number of fused-ring (bicyclic) bond motifs is 3. The molecular formula is C15H19N3O. The quantitative estimate of drug-likeness (QED) is 0.415. The van der Waals surface area contributed by atoms with Crippen molar-refractivity contribution >= 4 is 16.8 Å². The minimum absolute atomic E-state index is 0.00175. The van der Waals surface area contributed by atoms with Gasteiger partial charge < -0.3 is 4.98 Å². The van der Waals surface area contributed by atoms with E-state index in [9.17, 15) is 4.79 Å². The molecule has 4 heteroatoms. The number of amides is 1. The van der Waals surface area contributed by atoms with Crippen LogP contribution in [-0.4, -0.2) is 10.9 Å². The third-order valence-electron chi connectivity index (χ3n) is 4.32. The highest BCUT2D eigenvalue weighted by molar-refractivity contribution is 5.88. The number of aromatic amines is 1. The molecule has 0 fully saturated rings. The third kappa shape index (κ3) is 1.92. The summed E-state index contributed by atoms with van der Waals surface area (Å²) >= 11 is 0. The molecule has 1 aliphatic carbocycles. The van der Waals surface area contributed by atoms with Crippen molar-refractivity contribution < 1.29 is 4.79 Å². The van der Waals surface area contributed by atoms with Crippen LogP contribution < -0.4 is 11.3 Å². The summed E-state index contributed by atoms with van der Waals surface area (Å²) in [5.41, 5.74) is 8.61. The summed E-state index contributed by atoms with van der Waals surface area (Å²) in [6.45, 7) is 4.25. The number of hydrogen-bond acceptors (Lipinski definition) is 2. The maximum Gasteiger partial charge on any atom is 0.237 e. The fraction of sp³-hybridized carbons (Fsp3) is 0.400. The van der Waals surface area contributed by atoms with Gasteiger partial charge in [-0.15, -0.1) is 0 Å². The zero-order valence-corrected chi connectivity index (χ0v) is 11.3. The van der Waals surface area contributed by atoms with Crippen LogP contribution in [0.15, 0.2) is 12.1 Å². The second kappa shape index (κ2) is 4.38. The van der Waals surface area contributed by atoms with Gasteiger partial charge in [0.1, 0.15) is 0 Å². The van der Waals surface area contributed by atoms with Crippen LogP contribution in [0.25, 0.3) is 10.9 Å². The largest absolute Gasteiger partial charge is 0.358 e. The molecule has 100 valence electrons.